The summed E-state index contributed by atoms with van der Waals surface area (Å²) in [7, 11) is 1.63. The third kappa shape index (κ3) is 3.28. The molecule has 0 bridgehead atoms. The van der Waals surface area contributed by atoms with Crippen molar-refractivity contribution >= 4 is 22.5 Å². The molecule has 1 N–H and O–H groups in total. The molecule has 1 saturated heterocycles. The lowest BCUT2D eigenvalue weighted by atomic mass is 10.1. The zero-order valence-corrected chi connectivity index (χ0v) is 14.1. The lowest BCUT2D eigenvalue weighted by Crippen LogP contribution is -2.49. The molecular formula is C18H23N3O3. The minimum Gasteiger partial charge on any atom is -0.491 e. The van der Waals surface area contributed by atoms with E-state index < -0.39 is 6.10 Å². The normalized spacial score (nSPS) is 17.8. The molecule has 1 aliphatic heterocycles. The molecule has 6 nitrogen and oxygen atoms in total. The molecule has 1 atom stereocenters. The summed E-state index contributed by atoms with van der Waals surface area (Å²) in [5.41, 5.74) is 1.91. The highest BCUT2D eigenvalue weighted by Gasteiger charge is 2.27. The summed E-state index contributed by atoms with van der Waals surface area (Å²) in [5.74, 6) is 0.706. The first-order valence-corrected chi connectivity index (χ1v) is 8.33. The summed E-state index contributed by atoms with van der Waals surface area (Å²) in [6.45, 7) is 4.54. The molecule has 1 aliphatic rings. The second kappa shape index (κ2) is 7.49. The Morgan fingerprint density at radius 1 is 1.46 bits per heavy atom. The highest BCUT2D eigenvalue weighted by molar-refractivity contribution is 5.95. The Labute approximate surface area is 141 Å². The van der Waals surface area contributed by atoms with Crippen LogP contribution in [0.1, 0.15) is 13.3 Å². The smallest absolute Gasteiger partial charge is 0.250 e. The first-order chi connectivity index (χ1) is 11.7. The number of carbonyl (C=O) groups is 1. The molecule has 3 rings (SSSR count). The van der Waals surface area contributed by atoms with Crippen LogP contribution in [0.2, 0.25) is 0 Å². The molecule has 0 spiro atoms. The van der Waals surface area contributed by atoms with Gasteiger partial charge in [-0.1, -0.05) is 19.1 Å². The third-order valence-corrected chi connectivity index (χ3v) is 4.12. The van der Waals surface area contributed by atoms with Gasteiger partial charge in [0.15, 0.2) is 6.10 Å². The van der Waals surface area contributed by atoms with Crippen molar-refractivity contribution in [3.05, 3.63) is 30.5 Å². The lowest BCUT2D eigenvalue weighted by molar-refractivity contribution is -0.132. The number of benzene rings is 1. The van der Waals surface area contributed by atoms with Crippen molar-refractivity contribution in [3.63, 3.8) is 0 Å². The monoisotopic (exact) mass is 329 g/mol. The number of anilines is 1. The quantitative estimate of drug-likeness (QED) is 0.909. The van der Waals surface area contributed by atoms with Crippen molar-refractivity contribution < 1.29 is 14.3 Å². The number of rotatable bonds is 5. The van der Waals surface area contributed by atoms with E-state index in [1.807, 2.05) is 24.3 Å². The van der Waals surface area contributed by atoms with E-state index in [0.717, 1.165) is 35.3 Å². The van der Waals surface area contributed by atoms with Gasteiger partial charge in [-0.2, -0.15) is 0 Å². The van der Waals surface area contributed by atoms with Crippen LogP contribution in [-0.2, 0) is 9.53 Å². The molecule has 0 aliphatic carbocycles. The number of amides is 1. The second-order valence-corrected chi connectivity index (χ2v) is 5.75. The maximum atomic E-state index is 11.9. The van der Waals surface area contributed by atoms with Crippen molar-refractivity contribution in [1.29, 1.82) is 0 Å². The van der Waals surface area contributed by atoms with Crippen LogP contribution in [0.5, 0.6) is 5.75 Å². The Morgan fingerprint density at radius 3 is 3.12 bits per heavy atom. The Kier molecular flexibility index (Phi) is 5.15. The number of hydrogen-bond donors (Lipinski definition) is 1. The zero-order chi connectivity index (χ0) is 16.9. The van der Waals surface area contributed by atoms with Crippen molar-refractivity contribution in [2.45, 2.75) is 19.4 Å². The lowest BCUT2D eigenvalue weighted by Gasteiger charge is -2.34. The number of carbonyl (C=O) groups excluding carboxylic acids is 1. The first kappa shape index (κ1) is 16.5. The highest BCUT2D eigenvalue weighted by Crippen LogP contribution is 2.32. The van der Waals surface area contributed by atoms with Gasteiger partial charge in [0.2, 0.25) is 0 Å². The number of likely N-dealkylation sites (N-methyl/N-ethyl adjacent to an activating group) is 1. The molecule has 1 aromatic carbocycles. The van der Waals surface area contributed by atoms with Crippen molar-refractivity contribution in [2.75, 3.05) is 38.3 Å². The Hall–Kier alpha value is -2.34. The molecule has 6 heteroatoms. The Bertz CT molecular complexity index is 720. The van der Waals surface area contributed by atoms with Gasteiger partial charge in [0.1, 0.15) is 11.3 Å². The van der Waals surface area contributed by atoms with E-state index in [0.29, 0.717) is 19.8 Å². The van der Waals surface area contributed by atoms with E-state index in [1.165, 1.54) is 0 Å². The van der Waals surface area contributed by atoms with Gasteiger partial charge in [0.05, 0.1) is 19.8 Å². The topological polar surface area (TPSA) is 63.7 Å². The van der Waals surface area contributed by atoms with Gasteiger partial charge in [0.25, 0.3) is 5.91 Å². The minimum absolute atomic E-state index is 0.0926. The van der Waals surface area contributed by atoms with E-state index in [1.54, 1.807) is 13.2 Å². The second-order valence-electron chi connectivity index (χ2n) is 5.75. The van der Waals surface area contributed by atoms with Gasteiger partial charge in [-0.05, 0) is 18.6 Å². The van der Waals surface area contributed by atoms with Crippen LogP contribution in [-0.4, -0.2) is 50.3 Å². The molecule has 0 radical (unpaired) electrons. The summed E-state index contributed by atoms with van der Waals surface area (Å²) >= 11 is 0. The van der Waals surface area contributed by atoms with E-state index in [2.05, 4.69) is 22.1 Å². The van der Waals surface area contributed by atoms with E-state index in [-0.39, 0.29) is 5.91 Å². The molecular weight excluding hydrogens is 306 g/mol. The minimum atomic E-state index is -0.452. The number of para-hydroxylation sites is 1. The van der Waals surface area contributed by atoms with Gasteiger partial charge in [-0.25, -0.2) is 0 Å². The third-order valence-electron chi connectivity index (χ3n) is 4.12. The fourth-order valence-corrected chi connectivity index (χ4v) is 2.93. The number of pyridine rings is 1. The number of nitrogens with zero attached hydrogens (tertiary/aromatic N) is 2. The molecule has 2 heterocycles. The molecule has 24 heavy (non-hydrogen) atoms. The molecule has 1 unspecified atom stereocenters. The summed E-state index contributed by atoms with van der Waals surface area (Å²) in [5, 5.41) is 3.68. The molecule has 0 saturated carbocycles. The van der Waals surface area contributed by atoms with Crippen LogP contribution in [0.25, 0.3) is 10.9 Å². The maximum Gasteiger partial charge on any atom is 0.250 e. The fourth-order valence-electron chi connectivity index (χ4n) is 2.93. The SMILES string of the molecule is CCCOc1cccc2c(N3CCOC(C(=O)NC)C3)ccnc12. The van der Waals surface area contributed by atoms with Gasteiger partial charge < -0.3 is 19.7 Å². The number of ether oxygens (including phenoxy) is 2. The zero-order valence-electron chi connectivity index (χ0n) is 14.1. The van der Waals surface area contributed by atoms with Crippen LogP contribution in [0.3, 0.4) is 0 Å². The van der Waals surface area contributed by atoms with Gasteiger partial charge in [-0.3, -0.25) is 9.78 Å². The average molecular weight is 329 g/mol. The number of aromatic nitrogens is 1. The van der Waals surface area contributed by atoms with Crippen LogP contribution in [0.4, 0.5) is 5.69 Å². The standard InChI is InChI=1S/C18H23N3O3/c1-3-10-23-15-6-4-5-13-14(7-8-20-17(13)15)21-9-11-24-16(12-21)18(22)19-2/h4-8,16H,3,9-12H2,1-2H3,(H,19,22). The predicted molar refractivity (Wildman–Crippen MR) is 93.5 cm³/mol. The summed E-state index contributed by atoms with van der Waals surface area (Å²) in [4.78, 5) is 18.6. The number of nitrogens with one attached hydrogen (secondary N) is 1. The predicted octanol–water partition coefficient (Wildman–Crippen LogP) is 1.97. The molecule has 1 amide bonds. The largest absolute Gasteiger partial charge is 0.491 e. The number of fused-ring (bicyclic) bond motifs is 1. The van der Waals surface area contributed by atoms with Gasteiger partial charge in [-0.15, -0.1) is 0 Å². The van der Waals surface area contributed by atoms with Crippen molar-refractivity contribution in [2.24, 2.45) is 0 Å². The Balaban J connectivity index is 1.93. The fraction of sp³-hybridized carbons (Fsp3) is 0.444. The summed E-state index contributed by atoms with van der Waals surface area (Å²) in [6, 6.07) is 7.95. The maximum absolute atomic E-state index is 11.9. The molecule has 1 aromatic heterocycles. The van der Waals surface area contributed by atoms with Crippen molar-refractivity contribution in [1.82, 2.24) is 10.3 Å². The molecule has 128 valence electrons. The van der Waals surface area contributed by atoms with Crippen LogP contribution >= 0.6 is 0 Å². The van der Waals surface area contributed by atoms with Gasteiger partial charge in [0, 0.05) is 30.9 Å². The van der Waals surface area contributed by atoms with E-state index in [9.17, 15) is 4.79 Å². The highest BCUT2D eigenvalue weighted by atomic mass is 16.5. The summed E-state index contributed by atoms with van der Waals surface area (Å²) in [6.07, 6.45) is 2.29. The van der Waals surface area contributed by atoms with Crippen LogP contribution < -0.4 is 15.0 Å². The van der Waals surface area contributed by atoms with Crippen LogP contribution in [0.15, 0.2) is 30.5 Å². The van der Waals surface area contributed by atoms with E-state index in [4.69, 9.17) is 9.47 Å². The number of hydrogen-bond acceptors (Lipinski definition) is 5. The number of morpholine rings is 1. The molecule has 1 fully saturated rings. The van der Waals surface area contributed by atoms with Gasteiger partial charge >= 0.3 is 0 Å². The average Bonchev–Trinajstić information content (AvgIpc) is 2.65. The van der Waals surface area contributed by atoms with Crippen molar-refractivity contribution in [3.8, 4) is 5.75 Å². The first-order valence-electron chi connectivity index (χ1n) is 8.33. The molecule has 2 aromatic rings. The summed E-state index contributed by atoms with van der Waals surface area (Å²) < 4.78 is 11.4. The van der Waals surface area contributed by atoms with Crippen LogP contribution in [0, 0.1) is 0 Å². The van der Waals surface area contributed by atoms with E-state index >= 15 is 0 Å². The Morgan fingerprint density at radius 2 is 2.33 bits per heavy atom.